The maximum atomic E-state index is 13.3. The molecule has 0 saturated heterocycles. The summed E-state index contributed by atoms with van der Waals surface area (Å²) in [4.78, 5) is 24.1. The minimum absolute atomic E-state index is 0.147. The number of nitrogens with zero attached hydrogens (tertiary/aromatic N) is 3. The van der Waals surface area contributed by atoms with Gasteiger partial charge < -0.3 is 5.73 Å². The second kappa shape index (κ2) is 8.32. The first-order chi connectivity index (χ1) is 14.5. The third-order valence-electron chi connectivity index (χ3n) is 4.86. The zero-order chi connectivity index (χ0) is 21.1. The molecule has 2 N–H and O–H groups in total. The van der Waals surface area contributed by atoms with Crippen molar-refractivity contribution in [2.24, 2.45) is 5.73 Å². The molecule has 0 aliphatic heterocycles. The van der Waals surface area contributed by atoms with Crippen LogP contribution in [0.15, 0.2) is 60.9 Å². The number of carbonyl (C=O) groups excluding carboxylic acids is 1. The van der Waals surface area contributed by atoms with Gasteiger partial charge in [-0.15, -0.1) is 0 Å². The van der Waals surface area contributed by atoms with Gasteiger partial charge >= 0.3 is 0 Å². The molecule has 0 saturated carbocycles. The highest BCUT2D eigenvalue weighted by atomic mass is 19.1. The van der Waals surface area contributed by atoms with Crippen LogP contribution in [0.1, 0.15) is 27.4 Å². The Morgan fingerprint density at radius 3 is 2.30 bits per heavy atom. The molecular formula is C23H18F2N4O. The quantitative estimate of drug-likeness (QED) is 0.523. The van der Waals surface area contributed by atoms with Crippen LogP contribution in [0.4, 0.5) is 8.78 Å². The van der Waals surface area contributed by atoms with Crippen LogP contribution in [0, 0.1) is 5.82 Å². The van der Waals surface area contributed by atoms with E-state index in [0.29, 0.717) is 18.4 Å². The third-order valence-corrected chi connectivity index (χ3v) is 4.86. The van der Waals surface area contributed by atoms with Crippen molar-refractivity contribution >= 4 is 16.8 Å². The van der Waals surface area contributed by atoms with Crippen LogP contribution in [0.5, 0.6) is 0 Å². The Kier molecular flexibility index (Phi) is 5.43. The lowest BCUT2D eigenvalue weighted by molar-refractivity contribution is 0.0996. The van der Waals surface area contributed by atoms with Crippen molar-refractivity contribution in [3.8, 4) is 11.1 Å². The summed E-state index contributed by atoms with van der Waals surface area (Å²) in [5, 5.41) is 0.839. The first kappa shape index (κ1) is 19.6. The average Bonchev–Trinajstić information content (AvgIpc) is 2.77. The van der Waals surface area contributed by atoms with Crippen LogP contribution < -0.4 is 5.73 Å². The number of carbonyl (C=O) groups is 1. The summed E-state index contributed by atoms with van der Waals surface area (Å²) in [6, 6.07) is 13.5. The van der Waals surface area contributed by atoms with Crippen molar-refractivity contribution in [1.29, 1.82) is 0 Å². The standard InChI is InChI=1S/C23H18F2N4O/c24-11-22-27-12-15(13-28-22)2-1-14-3-8-18-19(16-4-6-17(25)7-5-16)10-21(23(26)30)29-20(18)9-14/h3-10,12-13H,1-2,11H2,(H2,26,30). The molecule has 5 nitrogen and oxygen atoms in total. The van der Waals surface area contributed by atoms with Crippen molar-refractivity contribution in [1.82, 2.24) is 15.0 Å². The first-order valence-corrected chi connectivity index (χ1v) is 9.38. The molecular weight excluding hydrogens is 386 g/mol. The highest BCUT2D eigenvalue weighted by Gasteiger charge is 2.12. The molecule has 4 rings (SSSR count). The maximum Gasteiger partial charge on any atom is 0.267 e. The van der Waals surface area contributed by atoms with E-state index in [0.717, 1.165) is 27.6 Å². The second-order valence-corrected chi connectivity index (χ2v) is 6.92. The third kappa shape index (κ3) is 4.15. The average molecular weight is 404 g/mol. The van der Waals surface area contributed by atoms with Crippen LogP contribution in [-0.4, -0.2) is 20.9 Å². The van der Waals surface area contributed by atoms with E-state index >= 15 is 0 Å². The minimum Gasteiger partial charge on any atom is -0.364 e. The number of primary amides is 1. The van der Waals surface area contributed by atoms with Gasteiger partial charge in [0.15, 0.2) is 5.82 Å². The molecule has 0 bridgehead atoms. The molecule has 7 heteroatoms. The summed E-state index contributed by atoms with van der Waals surface area (Å²) in [6.07, 6.45) is 4.62. The van der Waals surface area contributed by atoms with Gasteiger partial charge in [0.25, 0.3) is 5.91 Å². The maximum absolute atomic E-state index is 13.3. The van der Waals surface area contributed by atoms with Crippen molar-refractivity contribution in [2.75, 3.05) is 0 Å². The lowest BCUT2D eigenvalue weighted by Gasteiger charge is -2.10. The van der Waals surface area contributed by atoms with Gasteiger partial charge in [-0.25, -0.2) is 23.7 Å². The fourth-order valence-electron chi connectivity index (χ4n) is 3.29. The van der Waals surface area contributed by atoms with Crippen molar-refractivity contribution in [3.05, 3.63) is 89.4 Å². The van der Waals surface area contributed by atoms with E-state index in [-0.39, 0.29) is 17.3 Å². The Morgan fingerprint density at radius 2 is 1.63 bits per heavy atom. The predicted molar refractivity (Wildman–Crippen MR) is 110 cm³/mol. The molecule has 1 amide bonds. The number of aromatic nitrogens is 3. The van der Waals surface area contributed by atoms with Crippen LogP contribution in [0.25, 0.3) is 22.0 Å². The monoisotopic (exact) mass is 404 g/mol. The molecule has 0 atom stereocenters. The summed E-state index contributed by atoms with van der Waals surface area (Å²) in [5.74, 6) is -0.797. The Balaban J connectivity index is 1.68. The number of amides is 1. The first-order valence-electron chi connectivity index (χ1n) is 9.38. The van der Waals surface area contributed by atoms with Crippen molar-refractivity contribution in [2.45, 2.75) is 19.5 Å². The molecule has 0 radical (unpaired) electrons. The van der Waals surface area contributed by atoms with Gasteiger partial charge in [-0.05, 0) is 59.4 Å². The van der Waals surface area contributed by atoms with Gasteiger partial charge in [0, 0.05) is 17.8 Å². The molecule has 2 heterocycles. The molecule has 0 aliphatic carbocycles. The van der Waals surface area contributed by atoms with Crippen molar-refractivity contribution < 1.29 is 13.6 Å². The molecule has 0 unspecified atom stereocenters. The van der Waals surface area contributed by atoms with Gasteiger partial charge in [-0.3, -0.25) is 4.79 Å². The normalized spacial score (nSPS) is 11.0. The van der Waals surface area contributed by atoms with Gasteiger partial charge in [-0.1, -0.05) is 24.3 Å². The van der Waals surface area contributed by atoms with E-state index in [4.69, 9.17) is 5.73 Å². The Bertz CT molecular complexity index is 1210. The van der Waals surface area contributed by atoms with E-state index in [1.54, 1.807) is 30.6 Å². The summed E-state index contributed by atoms with van der Waals surface area (Å²) in [5.41, 5.74) is 9.69. The Morgan fingerprint density at radius 1 is 0.933 bits per heavy atom. The number of benzene rings is 2. The van der Waals surface area contributed by atoms with Gasteiger partial charge in [-0.2, -0.15) is 0 Å². The number of fused-ring (bicyclic) bond motifs is 1. The molecule has 150 valence electrons. The van der Waals surface area contributed by atoms with Gasteiger partial charge in [0.2, 0.25) is 0 Å². The number of alkyl halides is 1. The molecule has 0 fully saturated rings. The largest absolute Gasteiger partial charge is 0.364 e. The number of nitrogens with two attached hydrogens (primary N) is 1. The van der Waals surface area contributed by atoms with E-state index in [9.17, 15) is 13.6 Å². The number of hydrogen-bond acceptors (Lipinski definition) is 4. The summed E-state index contributed by atoms with van der Waals surface area (Å²) in [6.45, 7) is -0.685. The summed E-state index contributed by atoms with van der Waals surface area (Å²) < 4.78 is 25.9. The number of aryl methyl sites for hydroxylation is 2. The van der Waals surface area contributed by atoms with Crippen molar-refractivity contribution in [3.63, 3.8) is 0 Å². The topological polar surface area (TPSA) is 81.8 Å². The van der Waals surface area contributed by atoms with Crippen LogP contribution in [0.2, 0.25) is 0 Å². The summed E-state index contributed by atoms with van der Waals surface area (Å²) >= 11 is 0. The van der Waals surface area contributed by atoms with Crippen LogP contribution in [0.3, 0.4) is 0 Å². The minimum atomic E-state index is -0.685. The fourth-order valence-corrected chi connectivity index (χ4v) is 3.29. The molecule has 0 spiro atoms. The van der Waals surface area contributed by atoms with E-state index in [1.807, 2.05) is 18.2 Å². The van der Waals surface area contributed by atoms with E-state index < -0.39 is 12.6 Å². The van der Waals surface area contributed by atoms with E-state index in [1.165, 1.54) is 12.1 Å². The Labute approximate surface area is 171 Å². The van der Waals surface area contributed by atoms with E-state index in [2.05, 4.69) is 15.0 Å². The number of rotatable bonds is 6. The summed E-state index contributed by atoms with van der Waals surface area (Å²) in [7, 11) is 0. The second-order valence-electron chi connectivity index (χ2n) is 6.92. The lowest BCUT2D eigenvalue weighted by atomic mass is 9.97. The SMILES string of the molecule is NC(=O)c1cc(-c2ccc(F)cc2)c2ccc(CCc3cnc(CF)nc3)cc2n1. The Hall–Kier alpha value is -3.74. The smallest absolute Gasteiger partial charge is 0.267 e. The predicted octanol–water partition coefficient (Wildman–Crippen LogP) is 4.18. The fraction of sp³-hybridized carbons (Fsp3) is 0.130. The van der Waals surface area contributed by atoms with Gasteiger partial charge in [0.1, 0.15) is 18.2 Å². The molecule has 0 aliphatic rings. The molecule has 2 aromatic carbocycles. The zero-order valence-electron chi connectivity index (χ0n) is 16.0. The molecule has 30 heavy (non-hydrogen) atoms. The highest BCUT2D eigenvalue weighted by Crippen LogP contribution is 2.29. The van der Waals surface area contributed by atoms with Crippen LogP contribution in [-0.2, 0) is 19.5 Å². The molecule has 4 aromatic rings. The molecule has 2 aromatic heterocycles. The number of halogens is 2. The number of pyridine rings is 1. The zero-order valence-corrected chi connectivity index (χ0v) is 16.0. The lowest BCUT2D eigenvalue weighted by Crippen LogP contribution is -2.13. The van der Waals surface area contributed by atoms with Gasteiger partial charge in [0.05, 0.1) is 5.52 Å². The number of hydrogen-bond donors (Lipinski definition) is 1. The highest BCUT2D eigenvalue weighted by molar-refractivity contribution is 6.00. The van der Waals surface area contributed by atoms with Crippen LogP contribution >= 0.6 is 0 Å².